The van der Waals surface area contributed by atoms with Crippen LogP contribution in [0.15, 0.2) is 5.38 Å². The van der Waals surface area contributed by atoms with Crippen molar-refractivity contribution in [3.63, 3.8) is 0 Å². The van der Waals surface area contributed by atoms with Crippen molar-refractivity contribution in [2.45, 2.75) is 38.3 Å². The molecule has 0 unspecified atom stereocenters. The molecule has 6 heteroatoms. The predicted octanol–water partition coefficient (Wildman–Crippen LogP) is 2.22. The Balaban J connectivity index is 1.62. The van der Waals surface area contributed by atoms with Crippen LogP contribution >= 0.6 is 11.3 Å². The predicted molar refractivity (Wildman–Crippen MR) is 62.5 cm³/mol. The number of halogens is 2. The zero-order valence-corrected chi connectivity index (χ0v) is 10.3. The van der Waals surface area contributed by atoms with Crippen LogP contribution in [0.5, 0.6) is 0 Å². The van der Waals surface area contributed by atoms with Crippen LogP contribution in [0.25, 0.3) is 0 Å². The molecule has 1 fully saturated rings. The molecule has 0 bridgehead atoms. The van der Waals surface area contributed by atoms with Crippen molar-refractivity contribution in [2.24, 2.45) is 0 Å². The summed E-state index contributed by atoms with van der Waals surface area (Å²) in [5.41, 5.74) is 1.03. The Morgan fingerprint density at radius 2 is 2.35 bits per heavy atom. The largest absolute Gasteiger partial charge is 0.375 e. The maximum Gasteiger partial charge on any atom is 0.261 e. The number of nitrogens with zero attached hydrogens (tertiary/aromatic N) is 1. The molecular weight excluding hydrogens is 246 g/mol. The Morgan fingerprint density at radius 3 is 3.06 bits per heavy atom. The molecule has 0 saturated heterocycles. The molecule has 1 heterocycles. The number of nitrogens with one attached hydrogen (secondary N) is 1. The molecule has 17 heavy (non-hydrogen) atoms. The molecule has 2 rings (SSSR count). The molecule has 1 aromatic rings. The normalized spacial score (nSPS) is 15.7. The van der Waals surface area contributed by atoms with Gasteiger partial charge in [-0.3, -0.25) is 0 Å². The first kappa shape index (κ1) is 12.9. The van der Waals surface area contributed by atoms with Crippen molar-refractivity contribution in [1.29, 1.82) is 0 Å². The topological polar surface area (TPSA) is 34.1 Å². The second-order valence-electron chi connectivity index (χ2n) is 4.10. The summed E-state index contributed by atoms with van der Waals surface area (Å²) < 4.78 is 28.4. The lowest BCUT2D eigenvalue weighted by atomic mass is 10.4. The van der Waals surface area contributed by atoms with Crippen LogP contribution in [0.4, 0.5) is 8.78 Å². The van der Waals surface area contributed by atoms with Gasteiger partial charge in [-0.2, -0.15) is 0 Å². The van der Waals surface area contributed by atoms with Gasteiger partial charge in [0.1, 0.15) is 6.61 Å². The molecule has 0 aliphatic heterocycles. The lowest BCUT2D eigenvalue weighted by Crippen LogP contribution is -2.15. The third kappa shape index (κ3) is 5.06. The van der Waals surface area contributed by atoms with E-state index in [1.807, 2.05) is 5.38 Å². The van der Waals surface area contributed by atoms with Gasteiger partial charge in [-0.05, 0) is 12.8 Å². The standard InChI is InChI=1S/C11H16F2N2OS/c12-10(13)6-16-4-3-11-15-9(7-17-11)5-14-8-1-2-8/h7-8,10,14H,1-6H2. The summed E-state index contributed by atoms with van der Waals surface area (Å²) in [6, 6.07) is 0.675. The minimum absolute atomic E-state index is 0.313. The van der Waals surface area contributed by atoms with Crippen LogP contribution in [0, 0.1) is 0 Å². The molecule has 1 N–H and O–H groups in total. The molecule has 3 nitrogen and oxygen atoms in total. The van der Waals surface area contributed by atoms with E-state index < -0.39 is 13.0 Å². The highest BCUT2D eigenvalue weighted by molar-refractivity contribution is 7.09. The fourth-order valence-corrected chi connectivity index (χ4v) is 2.19. The Morgan fingerprint density at radius 1 is 1.53 bits per heavy atom. The van der Waals surface area contributed by atoms with Gasteiger partial charge in [0, 0.05) is 24.4 Å². The third-order valence-corrected chi connectivity index (χ3v) is 3.41. The molecule has 0 radical (unpaired) electrons. The first-order valence-electron chi connectivity index (χ1n) is 5.76. The van der Waals surface area contributed by atoms with E-state index in [4.69, 9.17) is 4.74 Å². The minimum atomic E-state index is -2.38. The number of ether oxygens (including phenoxy) is 1. The van der Waals surface area contributed by atoms with Gasteiger partial charge in [0.25, 0.3) is 6.43 Å². The fraction of sp³-hybridized carbons (Fsp3) is 0.727. The van der Waals surface area contributed by atoms with Crippen molar-refractivity contribution >= 4 is 11.3 Å². The quantitative estimate of drug-likeness (QED) is 0.729. The summed E-state index contributed by atoms with van der Waals surface area (Å²) in [7, 11) is 0. The summed E-state index contributed by atoms with van der Waals surface area (Å²) >= 11 is 1.56. The Kier molecular flexibility index (Phi) is 4.82. The number of rotatable bonds is 8. The molecule has 1 saturated carbocycles. The Hall–Kier alpha value is -0.590. The first-order chi connectivity index (χ1) is 8.24. The lowest BCUT2D eigenvalue weighted by molar-refractivity contribution is 0.0187. The summed E-state index contributed by atoms with van der Waals surface area (Å²) in [5.74, 6) is 0. The molecule has 1 aliphatic carbocycles. The van der Waals surface area contributed by atoms with Gasteiger partial charge in [-0.25, -0.2) is 13.8 Å². The molecule has 1 aliphatic rings. The van der Waals surface area contributed by atoms with Gasteiger partial charge in [-0.1, -0.05) is 0 Å². The maximum atomic E-state index is 11.8. The van der Waals surface area contributed by atoms with Crippen molar-refractivity contribution < 1.29 is 13.5 Å². The lowest BCUT2D eigenvalue weighted by Gasteiger charge is -2.01. The van der Waals surface area contributed by atoms with Gasteiger partial charge in [-0.15, -0.1) is 11.3 Å². The van der Waals surface area contributed by atoms with E-state index >= 15 is 0 Å². The summed E-state index contributed by atoms with van der Waals surface area (Å²) in [4.78, 5) is 4.42. The van der Waals surface area contributed by atoms with E-state index in [1.165, 1.54) is 12.8 Å². The smallest absolute Gasteiger partial charge is 0.261 e. The highest BCUT2D eigenvalue weighted by Gasteiger charge is 2.20. The van der Waals surface area contributed by atoms with Gasteiger partial charge in [0.15, 0.2) is 0 Å². The van der Waals surface area contributed by atoms with Crippen LogP contribution in [0.1, 0.15) is 23.5 Å². The van der Waals surface area contributed by atoms with Crippen molar-refractivity contribution in [3.8, 4) is 0 Å². The Bertz CT molecular complexity index is 342. The van der Waals surface area contributed by atoms with E-state index in [0.717, 1.165) is 17.2 Å². The summed E-state index contributed by atoms with van der Waals surface area (Å²) in [6.07, 6.45) is 0.752. The van der Waals surface area contributed by atoms with E-state index in [9.17, 15) is 8.78 Å². The molecule has 96 valence electrons. The van der Waals surface area contributed by atoms with Crippen molar-refractivity contribution in [3.05, 3.63) is 16.1 Å². The number of aromatic nitrogens is 1. The van der Waals surface area contributed by atoms with Crippen LogP contribution in [-0.2, 0) is 17.7 Å². The average molecular weight is 262 g/mol. The van der Waals surface area contributed by atoms with Crippen LogP contribution in [0.3, 0.4) is 0 Å². The zero-order valence-electron chi connectivity index (χ0n) is 9.49. The van der Waals surface area contributed by atoms with Gasteiger partial charge in [0.05, 0.1) is 17.3 Å². The summed E-state index contributed by atoms with van der Waals surface area (Å²) in [5, 5.41) is 6.34. The molecule has 0 atom stereocenters. The molecule has 0 spiro atoms. The zero-order chi connectivity index (χ0) is 12.1. The number of alkyl halides is 2. The van der Waals surface area contributed by atoms with Crippen molar-refractivity contribution in [1.82, 2.24) is 10.3 Å². The van der Waals surface area contributed by atoms with Gasteiger partial charge in [0.2, 0.25) is 0 Å². The second-order valence-corrected chi connectivity index (χ2v) is 5.05. The number of hydrogen-bond acceptors (Lipinski definition) is 4. The highest BCUT2D eigenvalue weighted by Crippen LogP contribution is 2.19. The minimum Gasteiger partial charge on any atom is -0.375 e. The Labute approximate surface area is 103 Å². The van der Waals surface area contributed by atoms with E-state index in [2.05, 4.69) is 10.3 Å². The fourth-order valence-electron chi connectivity index (χ4n) is 1.41. The maximum absolute atomic E-state index is 11.8. The number of hydrogen-bond donors (Lipinski definition) is 1. The van der Waals surface area contributed by atoms with Gasteiger partial charge < -0.3 is 10.1 Å². The van der Waals surface area contributed by atoms with E-state index in [1.54, 1.807) is 11.3 Å². The first-order valence-corrected chi connectivity index (χ1v) is 6.64. The van der Waals surface area contributed by atoms with Crippen molar-refractivity contribution in [2.75, 3.05) is 13.2 Å². The van der Waals surface area contributed by atoms with Crippen LogP contribution in [-0.4, -0.2) is 30.7 Å². The molecule has 0 amide bonds. The molecule has 0 aromatic carbocycles. The van der Waals surface area contributed by atoms with E-state index in [0.29, 0.717) is 19.1 Å². The van der Waals surface area contributed by atoms with Gasteiger partial charge >= 0.3 is 0 Å². The van der Waals surface area contributed by atoms with Crippen LogP contribution < -0.4 is 5.32 Å². The van der Waals surface area contributed by atoms with Crippen LogP contribution in [0.2, 0.25) is 0 Å². The molecule has 1 aromatic heterocycles. The SMILES string of the molecule is FC(F)COCCc1nc(CNC2CC2)cs1. The third-order valence-electron chi connectivity index (χ3n) is 2.45. The van der Waals surface area contributed by atoms with E-state index in [-0.39, 0.29) is 0 Å². The average Bonchev–Trinajstić information content (AvgIpc) is 3.01. The monoisotopic (exact) mass is 262 g/mol. The molecular formula is C11H16F2N2OS. The summed E-state index contributed by atoms with van der Waals surface area (Å²) in [6.45, 7) is 0.633. The highest BCUT2D eigenvalue weighted by atomic mass is 32.1. The second kappa shape index (κ2) is 6.37. The number of thiazole rings is 1.